The first kappa shape index (κ1) is 6.86. The molecule has 0 bridgehead atoms. The normalized spacial score (nSPS) is 7.25. The van der Waals surface area contributed by atoms with Gasteiger partial charge in [0.2, 0.25) is 0 Å². The smallest absolute Gasteiger partial charge is 0.274 e. The molecule has 1 rings (SSSR count). The van der Waals surface area contributed by atoms with Gasteiger partial charge in [-0.25, -0.2) is 10.3 Å². The molecular formula is C2H7N5O. The summed E-state index contributed by atoms with van der Waals surface area (Å²) < 4.78 is 0. The fourth-order valence-electron chi connectivity index (χ4n) is 0.211. The van der Waals surface area contributed by atoms with Gasteiger partial charge >= 0.3 is 0 Å². The average Bonchev–Trinajstić information content (AvgIpc) is 2.24. The predicted octanol–water partition coefficient (Wildman–Crippen LogP) is -2.08. The van der Waals surface area contributed by atoms with Gasteiger partial charge in [-0.3, -0.25) is 16.5 Å². The Morgan fingerprint density at radius 2 is 2.25 bits per heavy atom. The highest BCUT2D eigenvalue weighted by Gasteiger charge is 1.71. The second kappa shape index (κ2) is 4.03. The van der Waals surface area contributed by atoms with E-state index >= 15 is 0 Å². The van der Waals surface area contributed by atoms with E-state index in [1.165, 1.54) is 6.20 Å². The molecule has 0 aliphatic heterocycles. The van der Waals surface area contributed by atoms with Crippen LogP contribution < -0.4 is 17.2 Å². The van der Waals surface area contributed by atoms with Gasteiger partial charge in [0.25, 0.3) is 5.56 Å². The van der Waals surface area contributed by atoms with Crippen LogP contribution in [-0.2, 0) is 0 Å². The third-order valence-electron chi connectivity index (χ3n) is 0.425. The van der Waals surface area contributed by atoms with E-state index in [0.717, 1.165) is 0 Å². The monoisotopic (exact) mass is 117 g/mol. The van der Waals surface area contributed by atoms with Crippen LogP contribution in [0, 0.1) is 0 Å². The molecule has 0 saturated heterocycles. The summed E-state index contributed by atoms with van der Waals surface area (Å²) in [6.07, 6.45) is 1.17. The third kappa shape index (κ3) is 2.11. The number of hydrogen-bond donors (Lipinski definition) is 4. The summed E-state index contributed by atoms with van der Waals surface area (Å²) in [4.78, 5) is 9.92. The Kier molecular flexibility index (Phi) is 3.46. The molecule has 0 aliphatic carbocycles. The lowest BCUT2D eigenvalue weighted by atomic mass is 10.9. The zero-order chi connectivity index (χ0) is 6.41. The molecule has 0 aliphatic rings. The van der Waals surface area contributed by atoms with Crippen LogP contribution >= 0.6 is 0 Å². The molecule has 0 aromatic carbocycles. The van der Waals surface area contributed by atoms with Gasteiger partial charge in [0, 0.05) is 0 Å². The summed E-state index contributed by atoms with van der Waals surface area (Å²) in [6, 6.07) is 0. The van der Waals surface area contributed by atoms with Gasteiger partial charge in [-0.05, 0) is 0 Å². The SMILES string of the molecule is NN.O=c1cn[nH][nH]1. The summed E-state index contributed by atoms with van der Waals surface area (Å²) in [5.74, 6) is 8.00. The lowest BCUT2D eigenvalue weighted by Crippen LogP contribution is -2.02. The fourth-order valence-corrected chi connectivity index (χ4v) is 0.211. The molecule has 0 saturated carbocycles. The highest BCUT2D eigenvalue weighted by Crippen LogP contribution is 1.42. The molecule has 6 N–H and O–H groups in total. The van der Waals surface area contributed by atoms with Crippen molar-refractivity contribution in [2.75, 3.05) is 0 Å². The van der Waals surface area contributed by atoms with E-state index in [9.17, 15) is 4.79 Å². The Labute approximate surface area is 44.8 Å². The maximum atomic E-state index is 9.92. The van der Waals surface area contributed by atoms with Crippen LogP contribution in [0.2, 0.25) is 0 Å². The van der Waals surface area contributed by atoms with Crippen molar-refractivity contribution in [3.63, 3.8) is 0 Å². The topological polar surface area (TPSA) is 114 Å². The summed E-state index contributed by atoms with van der Waals surface area (Å²) >= 11 is 0. The van der Waals surface area contributed by atoms with Crippen molar-refractivity contribution in [1.82, 2.24) is 15.4 Å². The molecule has 1 aromatic rings. The molecule has 0 radical (unpaired) electrons. The van der Waals surface area contributed by atoms with Crippen molar-refractivity contribution in [3.05, 3.63) is 16.6 Å². The molecule has 8 heavy (non-hydrogen) atoms. The lowest BCUT2D eigenvalue weighted by molar-refractivity contribution is 0.930. The number of aromatic amines is 2. The molecule has 0 amide bonds. The molecule has 0 atom stereocenters. The standard InChI is InChI=1S/C2H3N3O.H4N2/c6-2-1-3-5-4-2;1-2/h1H,(H2,3,4,5,6);1-2H2. The van der Waals surface area contributed by atoms with E-state index in [1.54, 1.807) is 0 Å². The van der Waals surface area contributed by atoms with E-state index < -0.39 is 0 Å². The Balaban J connectivity index is 0.000000222. The van der Waals surface area contributed by atoms with Crippen LogP contribution in [0.25, 0.3) is 0 Å². The van der Waals surface area contributed by atoms with Gasteiger partial charge in [0.05, 0.1) is 0 Å². The van der Waals surface area contributed by atoms with Crippen LogP contribution in [-0.4, -0.2) is 15.4 Å². The molecule has 0 fully saturated rings. The summed E-state index contributed by atoms with van der Waals surface area (Å²) in [5.41, 5.74) is -0.199. The number of hydrogen-bond acceptors (Lipinski definition) is 4. The van der Waals surface area contributed by atoms with Gasteiger partial charge in [-0.15, -0.1) is 0 Å². The zero-order valence-electron chi connectivity index (χ0n) is 4.09. The molecule has 1 heterocycles. The first-order valence-electron chi connectivity index (χ1n) is 1.81. The second-order valence-electron chi connectivity index (χ2n) is 0.859. The van der Waals surface area contributed by atoms with Crippen LogP contribution in [0.3, 0.4) is 0 Å². The molecule has 6 heteroatoms. The van der Waals surface area contributed by atoms with Crippen molar-refractivity contribution in [2.45, 2.75) is 0 Å². The van der Waals surface area contributed by atoms with E-state index in [1.807, 2.05) is 0 Å². The number of hydrazine groups is 1. The van der Waals surface area contributed by atoms with E-state index in [2.05, 4.69) is 27.1 Å². The fraction of sp³-hybridized carbons (Fsp3) is 0. The van der Waals surface area contributed by atoms with Gasteiger partial charge < -0.3 is 0 Å². The molecule has 1 aromatic heterocycles. The summed E-state index contributed by atoms with van der Waals surface area (Å²) in [6.45, 7) is 0. The minimum atomic E-state index is -0.199. The number of nitrogens with zero attached hydrogens (tertiary/aromatic N) is 1. The van der Waals surface area contributed by atoms with E-state index in [-0.39, 0.29) is 5.56 Å². The number of nitrogens with one attached hydrogen (secondary N) is 2. The van der Waals surface area contributed by atoms with Crippen molar-refractivity contribution in [3.8, 4) is 0 Å². The molecule has 0 unspecified atom stereocenters. The third-order valence-corrected chi connectivity index (χ3v) is 0.425. The number of H-pyrrole nitrogens is 2. The highest BCUT2D eigenvalue weighted by molar-refractivity contribution is 4.60. The molecule has 46 valence electrons. The minimum Gasteiger partial charge on any atom is -0.274 e. The van der Waals surface area contributed by atoms with Crippen molar-refractivity contribution in [1.29, 1.82) is 0 Å². The second-order valence-corrected chi connectivity index (χ2v) is 0.859. The number of aromatic nitrogens is 3. The Hall–Kier alpha value is -1.14. The highest BCUT2D eigenvalue weighted by atomic mass is 16.1. The first-order valence-corrected chi connectivity index (χ1v) is 1.81. The Morgan fingerprint density at radius 3 is 2.38 bits per heavy atom. The minimum absolute atomic E-state index is 0.199. The lowest BCUT2D eigenvalue weighted by Gasteiger charge is -1.53. The summed E-state index contributed by atoms with van der Waals surface area (Å²) in [7, 11) is 0. The van der Waals surface area contributed by atoms with Gasteiger partial charge in [-0.1, -0.05) is 0 Å². The summed E-state index contributed by atoms with van der Waals surface area (Å²) in [5, 5.41) is 7.78. The maximum Gasteiger partial charge on any atom is 0.283 e. The number of nitrogens with two attached hydrogens (primary N) is 2. The van der Waals surface area contributed by atoms with Crippen LogP contribution in [0.5, 0.6) is 0 Å². The first-order chi connectivity index (χ1) is 3.89. The average molecular weight is 117 g/mol. The number of rotatable bonds is 0. The zero-order valence-corrected chi connectivity index (χ0v) is 4.09. The molecule has 6 nitrogen and oxygen atoms in total. The largest absolute Gasteiger partial charge is 0.283 e. The van der Waals surface area contributed by atoms with Crippen LogP contribution in [0.15, 0.2) is 11.0 Å². The molecule has 0 spiro atoms. The van der Waals surface area contributed by atoms with Crippen molar-refractivity contribution in [2.24, 2.45) is 11.7 Å². The van der Waals surface area contributed by atoms with E-state index in [4.69, 9.17) is 0 Å². The van der Waals surface area contributed by atoms with Crippen molar-refractivity contribution >= 4 is 0 Å². The maximum absolute atomic E-state index is 9.92. The van der Waals surface area contributed by atoms with Gasteiger partial charge in [0.15, 0.2) is 0 Å². The Morgan fingerprint density at radius 1 is 1.62 bits per heavy atom. The predicted molar refractivity (Wildman–Crippen MR) is 27.6 cm³/mol. The van der Waals surface area contributed by atoms with Gasteiger partial charge in [0.1, 0.15) is 6.20 Å². The van der Waals surface area contributed by atoms with Crippen LogP contribution in [0.1, 0.15) is 0 Å². The van der Waals surface area contributed by atoms with E-state index in [0.29, 0.717) is 0 Å². The van der Waals surface area contributed by atoms with Crippen LogP contribution in [0.4, 0.5) is 0 Å². The van der Waals surface area contributed by atoms with Gasteiger partial charge in [-0.2, -0.15) is 5.10 Å². The van der Waals surface area contributed by atoms with Crippen molar-refractivity contribution < 1.29 is 0 Å². The Bertz CT molecular complexity index is 148. The molecular weight excluding hydrogens is 110 g/mol. The quantitative estimate of drug-likeness (QED) is 0.230.